The number of anilines is 1. The normalized spacial score (nSPS) is 18.0. The molecule has 0 fully saturated rings. The van der Waals surface area contributed by atoms with Crippen LogP contribution in [-0.4, -0.2) is 29.5 Å². The minimum atomic E-state index is -0.0519. The molecule has 0 spiro atoms. The molecule has 0 bridgehead atoms. The van der Waals surface area contributed by atoms with Gasteiger partial charge in [0.25, 0.3) is 0 Å². The first kappa shape index (κ1) is 17.4. The number of carbonyl (C=O) groups is 1. The van der Waals surface area contributed by atoms with Crippen molar-refractivity contribution in [3.05, 3.63) is 52.6 Å². The minimum Gasteiger partial charge on any atom is -0.454 e. The maximum atomic E-state index is 12.5. The van der Waals surface area contributed by atoms with Crippen molar-refractivity contribution in [3.8, 4) is 11.5 Å². The average Bonchev–Trinajstić information content (AvgIpc) is 3.05. The molecule has 0 aromatic heterocycles. The number of ether oxygens (including phenoxy) is 2. The van der Waals surface area contributed by atoms with Gasteiger partial charge in [0.15, 0.2) is 11.5 Å². The zero-order valence-electron chi connectivity index (χ0n) is 15.8. The van der Waals surface area contributed by atoms with Gasteiger partial charge in [-0.2, -0.15) is 5.10 Å². The molecule has 27 heavy (non-hydrogen) atoms. The number of rotatable bonds is 2. The van der Waals surface area contributed by atoms with Gasteiger partial charge in [-0.3, -0.25) is 4.79 Å². The fourth-order valence-electron chi connectivity index (χ4n) is 3.54. The van der Waals surface area contributed by atoms with Crippen LogP contribution in [0, 0.1) is 6.92 Å². The summed E-state index contributed by atoms with van der Waals surface area (Å²) in [4.78, 5) is 12.5. The molecule has 2 N–H and O–H groups in total. The van der Waals surface area contributed by atoms with Gasteiger partial charge in [0.1, 0.15) is 0 Å². The number of hydrogen-bond donors (Lipinski definition) is 1. The Balaban J connectivity index is 1.93. The Morgan fingerprint density at radius 2 is 2.00 bits per heavy atom. The first-order chi connectivity index (χ1) is 13.0. The summed E-state index contributed by atoms with van der Waals surface area (Å²) in [5.41, 5.74) is 11.4. The number of fused-ring (bicyclic) bond motifs is 2. The van der Waals surface area contributed by atoms with Gasteiger partial charge in [0.2, 0.25) is 12.7 Å². The van der Waals surface area contributed by atoms with Crippen LogP contribution in [0.5, 0.6) is 11.5 Å². The van der Waals surface area contributed by atoms with Crippen molar-refractivity contribution in [1.82, 2.24) is 5.01 Å². The van der Waals surface area contributed by atoms with Gasteiger partial charge in [-0.15, -0.1) is 0 Å². The van der Waals surface area contributed by atoms with Gasteiger partial charge < -0.3 is 15.2 Å². The van der Waals surface area contributed by atoms with Crippen molar-refractivity contribution < 1.29 is 14.3 Å². The van der Waals surface area contributed by atoms with Gasteiger partial charge in [0, 0.05) is 23.2 Å². The first-order valence-corrected chi connectivity index (χ1v) is 9.18. The molecule has 1 amide bonds. The number of nitrogens with zero attached hydrogens (tertiary/aromatic N) is 2. The fraction of sp³-hybridized carbons (Fsp3) is 0.333. The van der Waals surface area contributed by atoms with Crippen molar-refractivity contribution in [2.75, 3.05) is 12.5 Å². The SMILES string of the molecule is CCC(=O)N1N=C(c2ccc(N)c(C)c2)c2cc3c(cc2C[C@@H]1C)OCO3. The molecule has 0 aliphatic carbocycles. The highest BCUT2D eigenvalue weighted by Crippen LogP contribution is 2.37. The lowest BCUT2D eigenvalue weighted by Crippen LogP contribution is -2.34. The van der Waals surface area contributed by atoms with E-state index in [-0.39, 0.29) is 18.7 Å². The van der Waals surface area contributed by atoms with Crippen LogP contribution in [0.4, 0.5) is 5.69 Å². The average molecular weight is 365 g/mol. The summed E-state index contributed by atoms with van der Waals surface area (Å²) in [7, 11) is 0. The third kappa shape index (κ3) is 3.01. The zero-order valence-corrected chi connectivity index (χ0v) is 15.8. The van der Waals surface area contributed by atoms with E-state index >= 15 is 0 Å². The van der Waals surface area contributed by atoms with Gasteiger partial charge >= 0.3 is 0 Å². The number of aryl methyl sites for hydroxylation is 1. The Kier molecular flexibility index (Phi) is 4.26. The van der Waals surface area contributed by atoms with Crippen LogP contribution < -0.4 is 15.2 Å². The topological polar surface area (TPSA) is 77.2 Å². The minimum absolute atomic E-state index is 0.0000131. The lowest BCUT2D eigenvalue weighted by atomic mass is 9.93. The molecular formula is C21H23N3O3. The number of nitrogens with two attached hydrogens (primary N) is 1. The van der Waals surface area contributed by atoms with Crippen LogP contribution in [0.1, 0.15) is 42.5 Å². The molecule has 2 aromatic carbocycles. The number of nitrogen functional groups attached to an aromatic ring is 1. The summed E-state index contributed by atoms with van der Waals surface area (Å²) in [6.45, 7) is 6.06. The summed E-state index contributed by atoms with van der Waals surface area (Å²) in [6.07, 6.45) is 1.10. The lowest BCUT2D eigenvalue weighted by molar-refractivity contribution is -0.132. The predicted octanol–water partition coefficient (Wildman–Crippen LogP) is 3.24. The van der Waals surface area contributed by atoms with Crippen molar-refractivity contribution in [1.29, 1.82) is 0 Å². The van der Waals surface area contributed by atoms with E-state index in [2.05, 4.69) is 0 Å². The van der Waals surface area contributed by atoms with Crippen LogP contribution in [0.3, 0.4) is 0 Å². The van der Waals surface area contributed by atoms with E-state index in [0.717, 1.165) is 39.4 Å². The van der Waals surface area contributed by atoms with Crippen LogP contribution in [-0.2, 0) is 11.2 Å². The molecule has 2 heterocycles. The maximum Gasteiger partial charge on any atom is 0.242 e. The third-order valence-corrected chi connectivity index (χ3v) is 5.10. The van der Waals surface area contributed by atoms with Gasteiger partial charge in [0.05, 0.1) is 11.8 Å². The molecule has 140 valence electrons. The van der Waals surface area contributed by atoms with Crippen molar-refractivity contribution >= 4 is 17.3 Å². The molecule has 0 unspecified atom stereocenters. The molecule has 2 aromatic rings. The molecule has 2 aliphatic rings. The number of hydrogen-bond acceptors (Lipinski definition) is 5. The van der Waals surface area contributed by atoms with Crippen molar-refractivity contribution in [3.63, 3.8) is 0 Å². The standard InChI is InChI=1S/C21H23N3O3/c1-4-20(25)24-13(3)8-15-9-18-19(27-11-26-18)10-16(15)21(23-24)14-5-6-17(22)12(2)7-14/h5-7,9-10,13H,4,8,11,22H2,1-3H3/t13-/m0/s1. The Hall–Kier alpha value is -3.02. The van der Waals surface area contributed by atoms with Crippen LogP contribution >= 0.6 is 0 Å². The smallest absolute Gasteiger partial charge is 0.242 e. The number of amides is 1. The molecule has 1 atom stereocenters. The van der Waals surface area contributed by atoms with E-state index in [4.69, 9.17) is 20.3 Å². The molecule has 0 radical (unpaired) electrons. The summed E-state index contributed by atoms with van der Waals surface area (Å²) < 4.78 is 11.1. The van der Waals surface area contributed by atoms with E-state index in [1.54, 1.807) is 5.01 Å². The summed E-state index contributed by atoms with van der Waals surface area (Å²) in [5, 5.41) is 6.40. The molecule has 4 rings (SSSR count). The second-order valence-corrected chi connectivity index (χ2v) is 7.03. The van der Waals surface area contributed by atoms with Crippen LogP contribution in [0.2, 0.25) is 0 Å². The molecule has 0 saturated heterocycles. The second-order valence-electron chi connectivity index (χ2n) is 7.03. The van der Waals surface area contributed by atoms with Crippen LogP contribution in [0.25, 0.3) is 0 Å². The summed E-state index contributed by atoms with van der Waals surface area (Å²) >= 11 is 0. The van der Waals surface area contributed by atoms with E-state index in [9.17, 15) is 4.79 Å². The highest BCUT2D eigenvalue weighted by Gasteiger charge is 2.29. The first-order valence-electron chi connectivity index (χ1n) is 9.18. The predicted molar refractivity (Wildman–Crippen MR) is 104 cm³/mol. The molecular weight excluding hydrogens is 342 g/mol. The Bertz CT molecular complexity index is 952. The highest BCUT2D eigenvalue weighted by atomic mass is 16.7. The third-order valence-electron chi connectivity index (χ3n) is 5.10. The fourth-order valence-corrected chi connectivity index (χ4v) is 3.54. The summed E-state index contributed by atoms with van der Waals surface area (Å²) in [5.74, 6) is 1.45. The Morgan fingerprint density at radius 1 is 1.26 bits per heavy atom. The molecule has 6 heteroatoms. The van der Waals surface area contributed by atoms with Gasteiger partial charge in [-0.1, -0.05) is 13.0 Å². The highest BCUT2D eigenvalue weighted by molar-refractivity contribution is 6.14. The van der Waals surface area contributed by atoms with Crippen molar-refractivity contribution in [2.24, 2.45) is 5.10 Å². The Morgan fingerprint density at radius 3 is 2.70 bits per heavy atom. The van der Waals surface area contributed by atoms with Crippen molar-refractivity contribution in [2.45, 2.75) is 39.7 Å². The van der Waals surface area contributed by atoms with E-state index in [0.29, 0.717) is 18.6 Å². The number of benzene rings is 2. The quantitative estimate of drug-likeness (QED) is 0.829. The zero-order chi connectivity index (χ0) is 19.1. The van der Waals surface area contributed by atoms with Crippen LogP contribution in [0.15, 0.2) is 35.4 Å². The maximum absolute atomic E-state index is 12.5. The van der Waals surface area contributed by atoms with E-state index in [1.165, 1.54) is 0 Å². The monoisotopic (exact) mass is 365 g/mol. The van der Waals surface area contributed by atoms with E-state index in [1.807, 2.05) is 51.1 Å². The second kappa shape index (κ2) is 6.61. The lowest BCUT2D eigenvalue weighted by Gasteiger charge is -2.22. The largest absolute Gasteiger partial charge is 0.454 e. The van der Waals surface area contributed by atoms with Gasteiger partial charge in [-0.25, -0.2) is 5.01 Å². The number of hydrazone groups is 1. The van der Waals surface area contributed by atoms with Gasteiger partial charge in [-0.05, 0) is 55.7 Å². The Labute approximate surface area is 158 Å². The summed E-state index contributed by atoms with van der Waals surface area (Å²) in [6, 6.07) is 9.75. The molecule has 2 aliphatic heterocycles. The van der Waals surface area contributed by atoms with E-state index < -0.39 is 0 Å². The molecule has 6 nitrogen and oxygen atoms in total. The molecule has 0 saturated carbocycles. The number of carbonyl (C=O) groups excluding carboxylic acids is 1.